The van der Waals surface area contributed by atoms with Crippen molar-refractivity contribution in [2.45, 2.75) is 25.9 Å². The van der Waals surface area contributed by atoms with Gasteiger partial charge in [-0.25, -0.2) is 4.79 Å². The maximum absolute atomic E-state index is 12.9. The first-order valence-electron chi connectivity index (χ1n) is 10.5. The van der Waals surface area contributed by atoms with E-state index in [4.69, 9.17) is 4.42 Å². The van der Waals surface area contributed by atoms with E-state index in [0.717, 1.165) is 6.42 Å². The molecule has 0 spiro atoms. The van der Waals surface area contributed by atoms with Crippen LogP contribution in [-0.4, -0.2) is 24.5 Å². The van der Waals surface area contributed by atoms with Crippen molar-refractivity contribution >= 4 is 29.0 Å². The molecule has 2 heterocycles. The van der Waals surface area contributed by atoms with Crippen LogP contribution in [0.2, 0.25) is 0 Å². The van der Waals surface area contributed by atoms with E-state index in [-0.39, 0.29) is 11.9 Å². The molecule has 32 heavy (non-hydrogen) atoms. The molecule has 1 unspecified atom stereocenters. The van der Waals surface area contributed by atoms with Gasteiger partial charge in [0, 0.05) is 29.6 Å². The van der Waals surface area contributed by atoms with Crippen LogP contribution in [0.25, 0.3) is 0 Å². The second-order valence-electron chi connectivity index (χ2n) is 7.72. The van der Waals surface area contributed by atoms with E-state index < -0.39 is 0 Å². The molecular formula is C25H26N4O3. The molecule has 2 aromatic carbocycles. The monoisotopic (exact) mass is 430 g/mol. The van der Waals surface area contributed by atoms with Gasteiger partial charge in [0.05, 0.1) is 18.4 Å². The zero-order chi connectivity index (χ0) is 22.5. The Morgan fingerprint density at radius 3 is 2.56 bits per heavy atom. The van der Waals surface area contributed by atoms with Gasteiger partial charge in [-0.05, 0) is 55.3 Å². The molecule has 0 fully saturated rings. The number of urea groups is 1. The first kappa shape index (κ1) is 21.2. The molecule has 1 aromatic heterocycles. The summed E-state index contributed by atoms with van der Waals surface area (Å²) in [6.45, 7) is 6.64. The van der Waals surface area contributed by atoms with Crippen LogP contribution < -0.4 is 20.9 Å². The molecule has 7 heteroatoms. The van der Waals surface area contributed by atoms with Gasteiger partial charge in [0.2, 0.25) is 0 Å². The quantitative estimate of drug-likeness (QED) is 0.471. The number of hydrogen-bond donors (Lipinski definition) is 3. The highest BCUT2D eigenvalue weighted by Crippen LogP contribution is 2.33. The third-order valence-corrected chi connectivity index (χ3v) is 5.46. The fourth-order valence-corrected chi connectivity index (χ4v) is 3.87. The summed E-state index contributed by atoms with van der Waals surface area (Å²) in [5.41, 5.74) is 4.24. The van der Waals surface area contributed by atoms with Crippen LogP contribution in [0.3, 0.4) is 0 Å². The first-order valence-corrected chi connectivity index (χ1v) is 10.5. The number of amides is 3. The number of carbonyl (C=O) groups is 2. The van der Waals surface area contributed by atoms with E-state index in [1.807, 2.05) is 6.07 Å². The summed E-state index contributed by atoms with van der Waals surface area (Å²) in [5, 5.41) is 8.25. The Morgan fingerprint density at radius 1 is 1.09 bits per heavy atom. The van der Waals surface area contributed by atoms with Crippen LogP contribution >= 0.6 is 0 Å². The lowest BCUT2D eigenvalue weighted by Gasteiger charge is -2.24. The molecule has 0 aliphatic carbocycles. The number of anilines is 3. The Hall–Kier alpha value is -4.00. The smallest absolute Gasteiger partial charge is 0.319 e. The van der Waals surface area contributed by atoms with Gasteiger partial charge < -0.3 is 25.3 Å². The molecule has 3 N–H and O–H groups in total. The van der Waals surface area contributed by atoms with Crippen molar-refractivity contribution in [3.05, 3.63) is 90.4 Å². The lowest BCUT2D eigenvalue weighted by Crippen LogP contribution is -2.29. The van der Waals surface area contributed by atoms with Gasteiger partial charge in [0.15, 0.2) is 0 Å². The molecule has 0 radical (unpaired) electrons. The van der Waals surface area contributed by atoms with Crippen LogP contribution in [0.4, 0.5) is 21.9 Å². The van der Waals surface area contributed by atoms with Gasteiger partial charge >= 0.3 is 6.03 Å². The molecule has 0 saturated heterocycles. The van der Waals surface area contributed by atoms with Gasteiger partial charge in [0.1, 0.15) is 5.76 Å². The van der Waals surface area contributed by atoms with Crippen LogP contribution in [0.5, 0.6) is 0 Å². The van der Waals surface area contributed by atoms with E-state index in [2.05, 4.69) is 52.6 Å². The van der Waals surface area contributed by atoms with Crippen molar-refractivity contribution in [1.82, 2.24) is 5.32 Å². The van der Waals surface area contributed by atoms with Crippen molar-refractivity contribution in [2.75, 3.05) is 22.1 Å². The SMILES string of the molecule is C=CCNC(=O)Nc1ccc(NC(=O)c2ccoc2CN2c3ccccc3CC2C)cc1. The summed E-state index contributed by atoms with van der Waals surface area (Å²) in [5.74, 6) is 0.390. The van der Waals surface area contributed by atoms with E-state index in [9.17, 15) is 9.59 Å². The fourth-order valence-electron chi connectivity index (χ4n) is 3.87. The van der Waals surface area contributed by atoms with Gasteiger partial charge in [-0.15, -0.1) is 6.58 Å². The molecule has 164 valence electrons. The van der Waals surface area contributed by atoms with E-state index in [1.165, 1.54) is 11.3 Å². The predicted molar refractivity (Wildman–Crippen MR) is 126 cm³/mol. The largest absolute Gasteiger partial charge is 0.467 e. The number of furan rings is 1. The number of para-hydroxylation sites is 1. The lowest BCUT2D eigenvalue weighted by molar-refractivity contribution is 0.102. The molecule has 3 aromatic rings. The second kappa shape index (κ2) is 9.43. The number of nitrogens with one attached hydrogen (secondary N) is 3. The molecule has 4 rings (SSSR count). The normalized spacial score (nSPS) is 14.5. The standard InChI is InChI=1S/C25H26N4O3/c1-3-13-26-25(31)28-20-10-8-19(9-11-20)27-24(30)21-12-14-32-23(21)16-29-17(2)15-18-6-4-5-7-22(18)29/h3-12,14,17H,1,13,15-16H2,2H3,(H,27,30)(H2,26,28,31). The van der Waals surface area contributed by atoms with Gasteiger partial charge in [-0.2, -0.15) is 0 Å². The highest BCUT2D eigenvalue weighted by Gasteiger charge is 2.28. The van der Waals surface area contributed by atoms with Crippen molar-refractivity contribution in [3.8, 4) is 0 Å². The Labute approximate surface area is 187 Å². The summed E-state index contributed by atoms with van der Waals surface area (Å²) in [7, 11) is 0. The minimum atomic E-state index is -0.317. The Morgan fingerprint density at radius 2 is 1.81 bits per heavy atom. The van der Waals surface area contributed by atoms with E-state index >= 15 is 0 Å². The summed E-state index contributed by atoms with van der Waals surface area (Å²) in [4.78, 5) is 26.9. The maximum atomic E-state index is 12.9. The molecule has 1 aliphatic rings. The molecule has 3 amide bonds. The highest BCUT2D eigenvalue weighted by atomic mass is 16.3. The maximum Gasteiger partial charge on any atom is 0.319 e. The second-order valence-corrected chi connectivity index (χ2v) is 7.72. The van der Waals surface area contributed by atoms with Gasteiger partial charge in [-0.3, -0.25) is 4.79 Å². The number of hydrogen-bond acceptors (Lipinski definition) is 4. The van der Waals surface area contributed by atoms with Crippen LogP contribution in [-0.2, 0) is 13.0 Å². The minimum Gasteiger partial charge on any atom is -0.467 e. The van der Waals surface area contributed by atoms with Gasteiger partial charge in [0.25, 0.3) is 5.91 Å². The van der Waals surface area contributed by atoms with Crippen molar-refractivity contribution in [3.63, 3.8) is 0 Å². The molecule has 1 aliphatic heterocycles. The highest BCUT2D eigenvalue weighted by molar-refractivity contribution is 6.05. The summed E-state index contributed by atoms with van der Waals surface area (Å²) < 4.78 is 5.68. The summed E-state index contributed by atoms with van der Waals surface area (Å²) in [6.07, 6.45) is 4.13. The zero-order valence-corrected chi connectivity index (χ0v) is 17.9. The minimum absolute atomic E-state index is 0.238. The number of fused-ring (bicyclic) bond motifs is 1. The Balaban J connectivity index is 1.41. The molecule has 0 saturated carbocycles. The van der Waals surface area contributed by atoms with Crippen molar-refractivity contribution in [2.24, 2.45) is 0 Å². The number of rotatable bonds is 7. The third-order valence-electron chi connectivity index (χ3n) is 5.46. The van der Waals surface area contributed by atoms with E-state index in [0.29, 0.717) is 41.8 Å². The molecular weight excluding hydrogens is 404 g/mol. The van der Waals surface area contributed by atoms with Crippen LogP contribution in [0, 0.1) is 0 Å². The van der Waals surface area contributed by atoms with Gasteiger partial charge in [-0.1, -0.05) is 24.3 Å². The summed E-state index contributed by atoms with van der Waals surface area (Å²) in [6, 6.07) is 17.0. The third kappa shape index (κ3) is 4.67. The van der Waals surface area contributed by atoms with Crippen molar-refractivity contribution < 1.29 is 14.0 Å². The molecule has 7 nitrogen and oxygen atoms in total. The zero-order valence-electron chi connectivity index (χ0n) is 17.9. The average Bonchev–Trinajstić information content (AvgIpc) is 3.38. The van der Waals surface area contributed by atoms with Crippen LogP contribution in [0.15, 0.2) is 77.9 Å². The Bertz CT molecular complexity index is 1120. The lowest BCUT2D eigenvalue weighted by atomic mass is 10.1. The first-order chi connectivity index (χ1) is 15.5. The molecule has 0 bridgehead atoms. The Kier molecular flexibility index (Phi) is 6.26. The van der Waals surface area contributed by atoms with Crippen LogP contribution in [0.1, 0.15) is 28.6 Å². The summed E-state index contributed by atoms with van der Waals surface area (Å²) >= 11 is 0. The fraction of sp³-hybridized carbons (Fsp3) is 0.200. The average molecular weight is 431 g/mol. The number of benzene rings is 2. The van der Waals surface area contributed by atoms with E-state index in [1.54, 1.807) is 42.7 Å². The molecule has 1 atom stereocenters. The topological polar surface area (TPSA) is 86.6 Å². The number of nitrogens with zero attached hydrogens (tertiary/aromatic N) is 1. The van der Waals surface area contributed by atoms with Crippen molar-refractivity contribution in [1.29, 1.82) is 0 Å². The number of carbonyl (C=O) groups excluding carboxylic acids is 2. The predicted octanol–water partition coefficient (Wildman–Crippen LogP) is 4.79.